The molecule has 0 N–H and O–H groups in total. The Morgan fingerprint density at radius 1 is 0.760 bits per heavy atom. The van der Waals surface area contributed by atoms with E-state index in [-0.39, 0.29) is 0 Å². The van der Waals surface area contributed by atoms with Gasteiger partial charge in [0.2, 0.25) is 0 Å². The Morgan fingerprint density at radius 3 is 2.32 bits per heavy atom. The highest BCUT2D eigenvalue weighted by molar-refractivity contribution is 5.96. The number of benzene rings is 2. The maximum Gasteiger partial charge on any atom is 0.179 e. The van der Waals surface area contributed by atoms with E-state index in [4.69, 9.17) is 14.7 Å². The van der Waals surface area contributed by atoms with Crippen molar-refractivity contribution < 1.29 is 4.74 Å². The summed E-state index contributed by atoms with van der Waals surface area (Å²) in [7, 11) is 1.66. The maximum atomic E-state index is 5.52. The van der Waals surface area contributed by atoms with Crippen molar-refractivity contribution in [1.29, 1.82) is 0 Å². The van der Waals surface area contributed by atoms with Crippen LogP contribution in [0.2, 0.25) is 0 Å². The molecule has 2 aromatic heterocycles. The van der Waals surface area contributed by atoms with Gasteiger partial charge in [0.1, 0.15) is 17.0 Å². The Bertz CT molecular complexity index is 1050. The van der Waals surface area contributed by atoms with Gasteiger partial charge in [-0.25, -0.2) is 15.0 Å². The van der Waals surface area contributed by atoms with Crippen LogP contribution in [-0.4, -0.2) is 22.1 Å². The third kappa shape index (κ3) is 2.83. The number of hydrogen-bond acceptors (Lipinski definition) is 4. The van der Waals surface area contributed by atoms with Gasteiger partial charge in [0.05, 0.1) is 12.8 Å². The lowest BCUT2D eigenvalue weighted by Gasteiger charge is -2.11. The molecule has 0 aliphatic heterocycles. The molecule has 0 saturated carbocycles. The van der Waals surface area contributed by atoms with E-state index < -0.39 is 0 Å². The molecular weight excluding hydrogens is 310 g/mol. The van der Waals surface area contributed by atoms with Gasteiger partial charge in [0, 0.05) is 16.6 Å². The first-order chi connectivity index (χ1) is 12.3. The van der Waals surface area contributed by atoms with Crippen molar-refractivity contribution >= 4 is 10.9 Å². The molecule has 0 bridgehead atoms. The van der Waals surface area contributed by atoms with Crippen molar-refractivity contribution in [3.05, 3.63) is 72.4 Å². The largest absolute Gasteiger partial charge is 0.494 e. The fraction of sp³-hybridized carbons (Fsp3) is 0.0952. The van der Waals surface area contributed by atoms with Crippen LogP contribution in [0.25, 0.3) is 33.7 Å². The molecule has 0 fully saturated rings. The van der Waals surface area contributed by atoms with Crippen molar-refractivity contribution in [3.8, 4) is 28.5 Å². The number of methoxy groups -OCH3 is 1. The van der Waals surface area contributed by atoms with E-state index in [0.29, 0.717) is 5.82 Å². The summed E-state index contributed by atoms with van der Waals surface area (Å²) in [5.41, 5.74) is 4.39. The molecule has 0 spiro atoms. The van der Waals surface area contributed by atoms with Gasteiger partial charge in [-0.1, -0.05) is 48.5 Å². The van der Waals surface area contributed by atoms with Gasteiger partial charge in [-0.05, 0) is 25.1 Å². The summed E-state index contributed by atoms with van der Waals surface area (Å²) in [6.07, 6.45) is 0. The summed E-state index contributed by atoms with van der Waals surface area (Å²) < 4.78 is 5.52. The van der Waals surface area contributed by atoms with Gasteiger partial charge < -0.3 is 4.74 Å². The molecule has 4 nitrogen and oxygen atoms in total. The molecule has 0 aliphatic rings. The number of hydrogen-bond donors (Lipinski definition) is 0. The van der Waals surface area contributed by atoms with E-state index in [1.165, 1.54) is 0 Å². The summed E-state index contributed by atoms with van der Waals surface area (Å²) in [4.78, 5) is 14.1. The van der Waals surface area contributed by atoms with E-state index in [2.05, 4.69) is 17.1 Å². The van der Waals surface area contributed by atoms with Crippen molar-refractivity contribution in [2.45, 2.75) is 6.92 Å². The highest BCUT2D eigenvalue weighted by Gasteiger charge is 2.14. The number of fused-ring (bicyclic) bond motifs is 1. The van der Waals surface area contributed by atoms with Gasteiger partial charge in [0.25, 0.3) is 0 Å². The monoisotopic (exact) mass is 327 g/mol. The predicted molar refractivity (Wildman–Crippen MR) is 99.5 cm³/mol. The lowest BCUT2D eigenvalue weighted by molar-refractivity contribution is 0.419. The van der Waals surface area contributed by atoms with E-state index in [9.17, 15) is 0 Å². The quantitative estimate of drug-likeness (QED) is 0.548. The molecule has 4 rings (SSSR count). The summed E-state index contributed by atoms with van der Waals surface area (Å²) in [6, 6.07) is 21.9. The van der Waals surface area contributed by atoms with E-state index in [1.807, 2.05) is 61.5 Å². The second-order valence-electron chi connectivity index (χ2n) is 5.78. The van der Waals surface area contributed by atoms with Gasteiger partial charge in [-0.2, -0.15) is 0 Å². The van der Waals surface area contributed by atoms with Crippen LogP contribution in [-0.2, 0) is 0 Å². The lowest BCUT2D eigenvalue weighted by atomic mass is 10.1. The molecule has 0 atom stereocenters. The Hall–Kier alpha value is -3.27. The van der Waals surface area contributed by atoms with Gasteiger partial charge in [0.15, 0.2) is 5.82 Å². The standard InChI is InChI=1S/C21H17N3O/c1-14-8-6-12-17(22-14)21-23-19(15-9-4-3-5-10-15)16-11-7-13-18(25-2)20(16)24-21/h3-13H,1-2H3. The maximum absolute atomic E-state index is 5.52. The number of para-hydroxylation sites is 1. The number of rotatable bonds is 3. The Labute approximate surface area is 146 Å². The number of aromatic nitrogens is 3. The number of pyridine rings is 1. The van der Waals surface area contributed by atoms with Crippen LogP contribution in [0.15, 0.2) is 66.7 Å². The minimum absolute atomic E-state index is 0.597. The lowest BCUT2D eigenvalue weighted by Crippen LogP contribution is -1.98. The highest BCUT2D eigenvalue weighted by atomic mass is 16.5. The van der Waals surface area contributed by atoms with E-state index in [0.717, 1.165) is 39.3 Å². The third-order valence-electron chi connectivity index (χ3n) is 4.07. The van der Waals surface area contributed by atoms with Crippen LogP contribution >= 0.6 is 0 Å². The van der Waals surface area contributed by atoms with Crippen molar-refractivity contribution in [2.75, 3.05) is 7.11 Å². The fourth-order valence-electron chi connectivity index (χ4n) is 2.89. The molecule has 25 heavy (non-hydrogen) atoms. The first kappa shape index (κ1) is 15.3. The van der Waals surface area contributed by atoms with Crippen molar-refractivity contribution in [1.82, 2.24) is 15.0 Å². The van der Waals surface area contributed by atoms with Gasteiger partial charge >= 0.3 is 0 Å². The summed E-state index contributed by atoms with van der Waals surface area (Å²) in [6.45, 7) is 1.96. The summed E-state index contributed by atoms with van der Waals surface area (Å²) in [5, 5.41) is 0.960. The Balaban J connectivity index is 2.06. The van der Waals surface area contributed by atoms with Crippen molar-refractivity contribution in [3.63, 3.8) is 0 Å². The van der Waals surface area contributed by atoms with Gasteiger partial charge in [-0.15, -0.1) is 0 Å². The summed E-state index contributed by atoms with van der Waals surface area (Å²) in [5.74, 6) is 1.32. The normalized spacial score (nSPS) is 10.8. The second kappa shape index (κ2) is 6.32. The van der Waals surface area contributed by atoms with Crippen LogP contribution in [0.3, 0.4) is 0 Å². The van der Waals surface area contributed by atoms with E-state index >= 15 is 0 Å². The average molecular weight is 327 g/mol. The topological polar surface area (TPSA) is 47.9 Å². The first-order valence-electron chi connectivity index (χ1n) is 8.10. The molecule has 0 aliphatic carbocycles. The van der Waals surface area contributed by atoms with Crippen molar-refractivity contribution in [2.24, 2.45) is 0 Å². The Kier molecular flexibility index (Phi) is 3.86. The average Bonchev–Trinajstić information content (AvgIpc) is 2.67. The number of aryl methyl sites for hydroxylation is 1. The van der Waals surface area contributed by atoms with Crippen LogP contribution in [0, 0.1) is 6.92 Å². The zero-order valence-electron chi connectivity index (χ0n) is 14.1. The van der Waals surface area contributed by atoms with Crippen LogP contribution in [0.4, 0.5) is 0 Å². The first-order valence-corrected chi connectivity index (χ1v) is 8.10. The molecule has 0 saturated heterocycles. The zero-order valence-corrected chi connectivity index (χ0v) is 14.1. The highest BCUT2D eigenvalue weighted by Crippen LogP contribution is 2.32. The van der Waals surface area contributed by atoms with Crippen LogP contribution < -0.4 is 4.74 Å². The van der Waals surface area contributed by atoms with Crippen LogP contribution in [0.5, 0.6) is 5.75 Å². The molecule has 0 radical (unpaired) electrons. The Morgan fingerprint density at radius 2 is 1.56 bits per heavy atom. The third-order valence-corrected chi connectivity index (χ3v) is 4.07. The predicted octanol–water partition coefficient (Wildman–Crippen LogP) is 4.68. The molecule has 0 unspecified atom stereocenters. The molecular formula is C21H17N3O. The molecule has 2 aromatic carbocycles. The summed E-state index contributed by atoms with van der Waals surface area (Å²) >= 11 is 0. The molecule has 4 heteroatoms. The molecule has 2 heterocycles. The number of nitrogens with zero attached hydrogens (tertiary/aromatic N) is 3. The van der Waals surface area contributed by atoms with Crippen LogP contribution in [0.1, 0.15) is 5.69 Å². The molecule has 0 amide bonds. The zero-order chi connectivity index (χ0) is 17.2. The van der Waals surface area contributed by atoms with E-state index in [1.54, 1.807) is 7.11 Å². The van der Waals surface area contributed by atoms with Gasteiger partial charge in [-0.3, -0.25) is 0 Å². The minimum Gasteiger partial charge on any atom is -0.494 e. The minimum atomic E-state index is 0.597. The fourth-order valence-corrected chi connectivity index (χ4v) is 2.89. The number of ether oxygens (including phenoxy) is 1. The second-order valence-corrected chi connectivity index (χ2v) is 5.78. The molecule has 4 aromatic rings. The molecule has 122 valence electrons. The smallest absolute Gasteiger partial charge is 0.179 e. The SMILES string of the molecule is COc1cccc2c(-c3ccccc3)nc(-c3cccc(C)n3)nc12.